The maximum absolute atomic E-state index is 12.9. The third kappa shape index (κ3) is 64.1. The molecule has 6 heteroatoms. The van der Waals surface area contributed by atoms with Crippen LogP contribution in [0.4, 0.5) is 0 Å². The molecule has 0 saturated carbocycles. The topological polar surface area (TPSA) is 78.9 Å². The Labute approximate surface area is 479 Å². The number of esters is 3. The van der Waals surface area contributed by atoms with Gasteiger partial charge in [-0.2, -0.15) is 0 Å². The zero-order valence-corrected chi connectivity index (χ0v) is 51.7. The molecule has 450 valence electrons. The first-order valence-electron chi connectivity index (χ1n) is 34.1. The molecule has 1 unspecified atom stereocenters. The van der Waals surface area contributed by atoms with Crippen molar-refractivity contribution in [2.45, 2.75) is 374 Å². The SMILES string of the molecule is CCCC/C=C\C/C=C\CCCCCCCC(=O)OCC(COC(=O)CCCCCCCCCCCCCCCCC/C=C\C/C=C\CCCCCCC)OC(=O)CCCCCCCCCCCCCCCCCCCC. The molecule has 0 bridgehead atoms. The molecule has 0 aromatic carbocycles. The Morgan fingerprint density at radius 1 is 0.260 bits per heavy atom. The van der Waals surface area contributed by atoms with Gasteiger partial charge in [0, 0.05) is 19.3 Å². The number of hydrogen-bond donors (Lipinski definition) is 0. The van der Waals surface area contributed by atoms with Gasteiger partial charge in [0.25, 0.3) is 0 Å². The van der Waals surface area contributed by atoms with Gasteiger partial charge in [0.1, 0.15) is 13.2 Å². The molecule has 0 aliphatic heterocycles. The molecule has 1 atom stereocenters. The molecular formula is C71H130O6. The van der Waals surface area contributed by atoms with E-state index in [1.54, 1.807) is 0 Å². The molecule has 0 aromatic rings. The molecule has 0 aliphatic rings. The maximum atomic E-state index is 12.9. The smallest absolute Gasteiger partial charge is 0.306 e. The largest absolute Gasteiger partial charge is 0.462 e. The summed E-state index contributed by atoms with van der Waals surface area (Å²) in [6.07, 6.45) is 82.7. The minimum Gasteiger partial charge on any atom is -0.462 e. The summed E-state index contributed by atoms with van der Waals surface area (Å²) < 4.78 is 17.0. The number of rotatable bonds is 63. The Morgan fingerprint density at radius 3 is 0.753 bits per heavy atom. The Balaban J connectivity index is 4.24. The van der Waals surface area contributed by atoms with Crippen LogP contribution in [0.3, 0.4) is 0 Å². The molecule has 0 radical (unpaired) electrons. The van der Waals surface area contributed by atoms with Gasteiger partial charge in [-0.15, -0.1) is 0 Å². The van der Waals surface area contributed by atoms with Crippen LogP contribution >= 0.6 is 0 Å². The number of hydrogen-bond acceptors (Lipinski definition) is 6. The van der Waals surface area contributed by atoms with Gasteiger partial charge >= 0.3 is 17.9 Å². The molecule has 0 aliphatic carbocycles. The summed E-state index contributed by atoms with van der Waals surface area (Å²) in [6, 6.07) is 0. The molecule has 0 heterocycles. The van der Waals surface area contributed by atoms with E-state index < -0.39 is 6.10 Å². The quantitative estimate of drug-likeness (QED) is 0.0261. The molecule has 0 spiro atoms. The highest BCUT2D eigenvalue weighted by atomic mass is 16.6. The van der Waals surface area contributed by atoms with E-state index in [2.05, 4.69) is 69.4 Å². The summed E-state index contributed by atoms with van der Waals surface area (Å²) in [5, 5.41) is 0. The summed E-state index contributed by atoms with van der Waals surface area (Å²) in [6.45, 7) is 6.64. The van der Waals surface area contributed by atoms with Gasteiger partial charge in [-0.3, -0.25) is 14.4 Å². The first kappa shape index (κ1) is 74.4. The van der Waals surface area contributed by atoms with Crippen LogP contribution in [0, 0.1) is 0 Å². The van der Waals surface area contributed by atoms with Crippen LogP contribution in [0.1, 0.15) is 367 Å². The molecule has 0 rings (SSSR count). The van der Waals surface area contributed by atoms with Crippen LogP contribution in [0.15, 0.2) is 48.6 Å². The maximum Gasteiger partial charge on any atom is 0.306 e. The molecule has 6 nitrogen and oxygen atoms in total. The fraction of sp³-hybridized carbons (Fsp3) is 0.845. The number of allylic oxidation sites excluding steroid dienone is 8. The Bertz CT molecular complexity index is 1330. The van der Waals surface area contributed by atoms with E-state index in [0.717, 1.165) is 83.5 Å². The zero-order valence-electron chi connectivity index (χ0n) is 51.7. The highest BCUT2D eigenvalue weighted by molar-refractivity contribution is 5.71. The van der Waals surface area contributed by atoms with E-state index in [4.69, 9.17) is 14.2 Å². The van der Waals surface area contributed by atoms with Gasteiger partial charge in [-0.05, 0) is 77.0 Å². The third-order valence-electron chi connectivity index (χ3n) is 15.3. The second-order valence-electron chi connectivity index (χ2n) is 23.1. The van der Waals surface area contributed by atoms with Crippen molar-refractivity contribution in [3.63, 3.8) is 0 Å². The molecule has 0 saturated heterocycles. The second-order valence-corrected chi connectivity index (χ2v) is 23.1. The van der Waals surface area contributed by atoms with Crippen molar-refractivity contribution in [2.75, 3.05) is 13.2 Å². The van der Waals surface area contributed by atoms with Crippen molar-refractivity contribution in [3.05, 3.63) is 48.6 Å². The molecule has 0 N–H and O–H groups in total. The van der Waals surface area contributed by atoms with Crippen molar-refractivity contribution in [1.29, 1.82) is 0 Å². The average Bonchev–Trinajstić information content (AvgIpc) is 3.43. The summed E-state index contributed by atoms with van der Waals surface area (Å²) >= 11 is 0. The number of ether oxygens (including phenoxy) is 3. The zero-order chi connectivity index (χ0) is 55.7. The van der Waals surface area contributed by atoms with Crippen LogP contribution in [0.5, 0.6) is 0 Å². The summed E-state index contributed by atoms with van der Waals surface area (Å²) in [5.74, 6) is -0.863. The van der Waals surface area contributed by atoms with E-state index in [-0.39, 0.29) is 31.1 Å². The predicted octanol–water partition coefficient (Wildman–Crippen LogP) is 23.3. The minimum atomic E-state index is -0.777. The molecule has 0 amide bonds. The summed E-state index contributed by atoms with van der Waals surface area (Å²) in [7, 11) is 0. The normalized spacial score (nSPS) is 12.3. The van der Waals surface area contributed by atoms with E-state index in [1.165, 1.54) is 244 Å². The van der Waals surface area contributed by atoms with Crippen molar-refractivity contribution < 1.29 is 28.6 Å². The lowest BCUT2D eigenvalue weighted by Gasteiger charge is -2.18. The van der Waals surface area contributed by atoms with Gasteiger partial charge in [0.15, 0.2) is 6.10 Å². The van der Waals surface area contributed by atoms with Crippen LogP contribution in [-0.2, 0) is 28.6 Å². The first-order valence-corrected chi connectivity index (χ1v) is 34.1. The molecular weight excluding hydrogens is 949 g/mol. The van der Waals surface area contributed by atoms with Crippen LogP contribution in [-0.4, -0.2) is 37.2 Å². The first-order chi connectivity index (χ1) is 38.0. The van der Waals surface area contributed by atoms with Crippen LogP contribution in [0.25, 0.3) is 0 Å². The van der Waals surface area contributed by atoms with Crippen molar-refractivity contribution >= 4 is 17.9 Å². The van der Waals surface area contributed by atoms with Gasteiger partial charge in [-0.1, -0.05) is 320 Å². The van der Waals surface area contributed by atoms with E-state index in [9.17, 15) is 14.4 Å². The number of carbonyl (C=O) groups excluding carboxylic acids is 3. The average molecular weight is 1080 g/mol. The lowest BCUT2D eigenvalue weighted by molar-refractivity contribution is -0.167. The fourth-order valence-corrected chi connectivity index (χ4v) is 10.1. The minimum absolute atomic E-state index is 0.0732. The Kier molecular flexibility index (Phi) is 63.6. The van der Waals surface area contributed by atoms with Gasteiger partial charge in [0.2, 0.25) is 0 Å². The van der Waals surface area contributed by atoms with Crippen LogP contribution < -0.4 is 0 Å². The Morgan fingerprint density at radius 2 is 0.481 bits per heavy atom. The number of unbranched alkanes of at least 4 members (excludes halogenated alkanes) is 44. The monoisotopic (exact) mass is 1080 g/mol. The highest BCUT2D eigenvalue weighted by Crippen LogP contribution is 2.18. The summed E-state index contributed by atoms with van der Waals surface area (Å²) in [4.78, 5) is 38.4. The van der Waals surface area contributed by atoms with Crippen molar-refractivity contribution in [1.82, 2.24) is 0 Å². The highest BCUT2D eigenvalue weighted by Gasteiger charge is 2.19. The van der Waals surface area contributed by atoms with Crippen molar-refractivity contribution in [3.8, 4) is 0 Å². The van der Waals surface area contributed by atoms with E-state index in [0.29, 0.717) is 19.3 Å². The van der Waals surface area contributed by atoms with Gasteiger partial charge in [0.05, 0.1) is 0 Å². The third-order valence-corrected chi connectivity index (χ3v) is 15.3. The standard InChI is InChI=1S/C71H130O6/c1-4-7-10-13-16-19-22-25-28-30-32-33-34-35-36-37-38-39-40-42-43-46-49-52-55-58-61-64-70(73)76-67-68(66-75-69(72)63-60-57-54-51-48-45-27-24-21-18-15-12-9-6-3)77-71(74)65-62-59-56-53-50-47-44-41-31-29-26-23-20-17-14-11-8-5-2/h15,18,22,24-25,27,30,32,68H,4-14,16-17,19-21,23,26,28-29,31,33-67H2,1-3H3/b18-15-,25-22-,27-24-,32-30-. The summed E-state index contributed by atoms with van der Waals surface area (Å²) in [5.41, 5.74) is 0. The van der Waals surface area contributed by atoms with Gasteiger partial charge in [-0.25, -0.2) is 0 Å². The lowest BCUT2D eigenvalue weighted by Crippen LogP contribution is -2.30. The fourth-order valence-electron chi connectivity index (χ4n) is 10.1. The molecule has 77 heavy (non-hydrogen) atoms. The van der Waals surface area contributed by atoms with Crippen molar-refractivity contribution in [2.24, 2.45) is 0 Å². The predicted molar refractivity (Wildman–Crippen MR) is 335 cm³/mol. The van der Waals surface area contributed by atoms with E-state index in [1.807, 2.05) is 0 Å². The molecule has 0 aromatic heterocycles. The van der Waals surface area contributed by atoms with Crippen LogP contribution in [0.2, 0.25) is 0 Å². The van der Waals surface area contributed by atoms with E-state index >= 15 is 0 Å². The second kappa shape index (κ2) is 65.9. The lowest BCUT2D eigenvalue weighted by atomic mass is 10.0. The number of carbonyl (C=O) groups is 3. The Hall–Kier alpha value is -2.63. The van der Waals surface area contributed by atoms with Gasteiger partial charge < -0.3 is 14.2 Å². The molecule has 0 fully saturated rings.